The highest BCUT2D eigenvalue weighted by atomic mass is 32.1. The number of rotatable bonds is 6. The number of hydrogen-bond donors (Lipinski definition) is 2. The van der Waals surface area contributed by atoms with Gasteiger partial charge in [0.2, 0.25) is 5.91 Å². The Morgan fingerprint density at radius 1 is 1.50 bits per heavy atom. The van der Waals surface area contributed by atoms with E-state index in [4.69, 9.17) is 0 Å². The van der Waals surface area contributed by atoms with Gasteiger partial charge in [0.25, 0.3) is 0 Å². The molecule has 1 fully saturated rings. The molecule has 2 N–H and O–H groups in total. The number of amides is 1. The van der Waals surface area contributed by atoms with Crippen LogP contribution in [-0.2, 0) is 9.53 Å². The van der Waals surface area contributed by atoms with Gasteiger partial charge in [0.05, 0.1) is 13.3 Å². The fraction of sp³-hybridized carbons (Fsp3) is 0.545. The van der Waals surface area contributed by atoms with Crippen LogP contribution in [0, 0.1) is 5.92 Å². The number of aromatic nitrogens is 1. The van der Waals surface area contributed by atoms with Gasteiger partial charge in [0, 0.05) is 19.0 Å². The predicted octanol–water partition coefficient (Wildman–Crippen LogP) is 0.868. The molecular weight excluding hydrogens is 254 g/mol. The van der Waals surface area contributed by atoms with Crippen molar-refractivity contribution in [3.8, 4) is 0 Å². The van der Waals surface area contributed by atoms with Crippen molar-refractivity contribution in [3.63, 3.8) is 0 Å². The minimum atomic E-state index is -0.386. The highest BCUT2D eigenvalue weighted by Gasteiger charge is 2.28. The van der Waals surface area contributed by atoms with Crippen molar-refractivity contribution in [3.05, 3.63) is 11.1 Å². The molecule has 1 amide bonds. The first kappa shape index (κ1) is 12.8. The SMILES string of the molecule is COC(=O)c1cnc(NCCNC(=O)C2CC2)s1. The molecule has 6 nitrogen and oxygen atoms in total. The van der Waals surface area contributed by atoms with Crippen LogP contribution < -0.4 is 10.6 Å². The van der Waals surface area contributed by atoms with Gasteiger partial charge in [0.1, 0.15) is 4.88 Å². The standard InChI is InChI=1S/C11H15N3O3S/c1-17-10(16)8-6-14-11(18-8)13-5-4-12-9(15)7-2-3-7/h6-7H,2-5H2,1H3,(H,12,15)(H,13,14). The molecule has 7 heteroatoms. The first-order chi connectivity index (χ1) is 8.70. The van der Waals surface area contributed by atoms with Crippen molar-refractivity contribution in [2.45, 2.75) is 12.8 Å². The molecule has 1 saturated carbocycles. The maximum atomic E-state index is 11.3. The molecule has 1 aliphatic carbocycles. The Morgan fingerprint density at radius 2 is 2.28 bits per heavy atom. The lowest BCUT2D eigenvalue weighted by molar-refractivity contribution is -0.122. The van der Waals surface area contributed by atoms with Gasteiger partial charge in [-0.05, 0) is 12.8 Å². The highest BCUT2D eigenvalue weighted by Crippen LogP contribution is 2.28. The number of nitrogens with one attached hydrogen (secondary N) is 2. The Hall–Kier alpha value is -1.63. The zero-order chi connectivity index (χ0) is 13.0. The first-order valence-electron chi connectivity index (χ1n) is 5.76. The minimum absolute atomic E-state index is 0.131. The Bertz CT molecular complexity index is 442. The summed E-state index contributed by atoms with van der Waals surface area (Å²) < 4.78 is 4.59. The predicted molar refractivity (Wildman–Crippen MR) is 67.7 cm³/mol. The van der Waals surface area contributed by atoms with Crippen LogP contribution in [0.1, 0.15) is 22.5 Å². The van der Waals surface area contributed by atoms with Crippen molar-refractivity contribution in [2.24, 2.45) is 5.92 Å². The number of methoxy groups -OCH3 is 1. The quantitative estimate of drug-likeness (QED) is 0.591. The molecule has 1 aromatic heterocycles. The van der Waals surface area contributed by atoms with Gasteiger partial charge in [0.15, 0.2) is 5.13 Å². The molecular formula is C11H15N3O3S. The van der Waals surface area contributed by atoms with E-state index in [2.05, 4.69) is 20.4 Å². The number of hydrogen-bond acceptors (Lipinski definition) is 6. The second-order valence-corrected chi connectivity index (χ2v) is 5.04. The number of esters is 1. The lowest BCUT2D eigenvalue weighted by atomic mass is 10.4. The molecule has 1 heterocycles. The molecule has 0 spiro atoms. The number of nitrogens with zero attached hydrogens (tertiary/aromatic N) is 1. The second-order valence-electron chi connectivity index (χ2n) is 4.01. The van der Waals surface area contributed by atoms with Crippen molar-refractivity contribution in [1.29, 1.82) is 0 Å². The maximum absolute atomic E-state index is 11.3. The summed E-state index contributed by atoms with van der Waals surface area (Å²) in [7, 11) is 1.34. The monoisotopic (exact) mass is 269 g/mol. The molecule has 0 unspecified atom stereocenters. The third-order valence-electron chi connectivity index (χ3n) is 2.54. The number of thiazole rings is 1. The van der Waals surface area contributed by atoms with Crippen LogP contribution in [0.2, 0.25) is 0 Å². The van der Waals surface area contributed by atoms with Gasteiger partial charge >= 0.3 is 5.97 Å². The zero-order valence-corrected chi connectivity index (χ0v) is 10.9. The van der Waals surface area contributed by atoms with Crippen molar-refractivity contribution >= 4 is 28.3 Å². The average Bonchev–Trinajstić information content (AvgIpc) is 3.13. The molecule has 2 rings (SSSR count). The largest absolute Gasteiger partial charge is 0.465 e. The first-order valence-corrected chi connectivity index (χ1v) is 6.58. The molecule has 0 aliphatic heterocycles. The van der Waals surface area contributed by atoms with E-state index in [9.17, 15) is 9.59 Å². The van der Waals surface area contributed by atoms with Crippen molar-refractivity contribution in [2.75, 3.05) is 25.5 Å². The summed E-state index contributed by atoms with van der Waals surface area (Å²) in [6, 6.07) is 0. The van der Waals surface area contributed by atoms with E-state index in [1.807, 2.05) is 0 Å². The van der Waals surface area contributed by atoms with Crippen LogP contribution in [0.4, 0.5) is 5.13 Å². The van der Waals surface area contributed by atoms with Crippen LogP contribution in [0.15, 0.2) is 6.20 Å². The van der Waals surface area contributed by atoms with Gasteiger partial charge in [-0.25, -0.2) is 9.78 Å². The molecule has 0 bridgehead atoms. The molecule has 18 heavy (non-hydrogen) atoms. The number of ether oxygens (including phenoxy) is 1. The topological polar surface area (TPSA) is 80.3 Å². The van der Waals surface area contributed by atoms with Gasteiger partial charge in [-0.1, -0.05) is 11.3 Å². The Kier molecular flexibility index (Phi) is 4.14. The van der Waals surface area contributed by atoms with Gasteiger partial charge in [-0.15, -0.1) is 0 Å². The van der Waals surface area contributed by atoms with Crippen LogP contribution in [0.3, 0.4) is 0 Å². The van der Waals surface area contributed by atoms with Crippen LogP contribution >= 0.6 is 11.3 Å². The zero-order valence-electron chi connectivity index (χ0n) is 10.1. The van der Waals surface area contributed by atoms with Crippen molar-refractivity contribution < 1.29 is 14.3 Å². The lowest BCUT2D eigenvalue weighted by Crippen LogP contribution is -2.29. The summed E-state index contributed by atoms with van der Waals surface area (Å²) in [6.45, 7) is 1.15. The van der Waals surface area contributed by atoms with Crippen LogP contribution in [0.25, 0.3) is 0 Å². The molecule has 0 radical (unpaired) electrons. The summed E-state index contributed by atoms with van der Waals surface area (Å²) in [5.74, 6) is -0.0236. The van der Waals surface area contributed by atoms with E-state index < -0.39 is 0 Å². The molecule has 0 atom stereocenters. The van der Waals surface area contributed by atoms with E-state index in [0.717, 1.165) is 12.8 Å². The molecule has 0 saturated heterocycles. The van der Waals surface area contributed by atoms with Gasteiger partial charge in [-0.2, -0.15) is 0 Å². The third kappa shape index (κ3) is 3.43. The van der Waals surface area contributed by atoms with E-state index in [1.165, 1.54) is 24.6 Å². The normalized spacial score (nSPS) is 14.1. The highest BCUT2D eigenvalue weighted by molar-refractivity contribution is 7.17. The van der Waals surface area contributed by atoms with Gasteiger partial charge < -0.3 is 15.4 Å². The fourth-order valence-electron chi connectivity index (χ4n) is 1.40. The molecule has 0 aromatic carbocycles. The number of carbonyl (C=O) groups is 2. The Balaban J connectivity index is 1.68. The summed E-state index contributed by atoms with van der Waals surface area (Å²) in [5, 5.41) is 6.53. The minimum Gasteiger partial charge on any atom is -0.465 e. The van der Waals surface area contributed by atoms with Gasteiger partial charge in [-0.3, -0.25) is 4.79 Å². The summed E-state index contributed by atoms with van der Waals surface area (Å²) in [5.41, 5.74) is 0. The maximum Gasteiger partial charge on any atom is 0.349 e. The molecule has 1 aromatic rings. The number of carbonyl (C=O) groups excluding carboxylic acids is 2. The van der Waals surface area contributed by atoms with E-state index in [1.54, 1.807) is 0 Å². The smallest absolute Gasteiger partial charge is 0.349 e. The van der Waals surface area contributed by atoms with Crippen LogP contribution in [-0.4, -0.2) is 37.1 Å². The lowest BCUT2D eigenvalue weighted by Gasteiger charge is -2.04. The summed E-state index contributed by atoms with van der Waals surface area (Å²) in [6.07, 6.45) is 3.49. The Morgan fingerprint density at radius 3 is 2.94 bits per heavy atom. The Labute approximate surface area is 109 Å². The third-order valence-corrected chi connectivity index (χ3v) is 3.48. The summed E-state index contributed by atoms with van der Waals surface area (Å²) >= 11 is 1.23. The van der Waals surface area contributed by atoms with Crippen LogP contribution in [0.5, 0.6) is 0 Å². The molecule has 98 valence electrons. The van der Waals surface area contributed by atoms with E-state index in [-0.39, 0.29) is 17.8 Å². The van der Waals surface area contributed by atoms with Crippen molar-refractivity contribution in [1.82, 2.24) is 10.3 Å². The van der Waals surface area contributed by atoms with E-state index >= 15 is 0 Å². The summed E-state index contributed by atoms with van der Waals surface area (Å²) in [4.78, 5) is 27.0. The van der Waals surface area contributed by atoms with E-state index in [0.29, 0.717) is 23.1 Å². The fourth-order valence-corrected chi connectivity index (χ4v) is 2.16. The average molecular weight is 269 g/mol. The number of anilines is 1. The molecule has 1 aliphatic rings. The second kappa shape index (κ2) is 5.81.